The molecule has 0 saturated heterocycles. The van der Waals surface area contributed by atoms with Crippen LogP contribution < -0.4 is 0 Å². The maximum Gasteiger partial charge on any atom is -0.00326 e. The topological polar surface area (TPSA) is 0 Å². The van der Waals surface area contributed by atoms with Gasteiger partial charge in [0.2, 0.25) is 0 Å². The van der Waals surface area contributed by atoms with Crippen LogP contribution in [0.25, 0.3) is 28.3 Å². The number of rotatable bonds is 3. The predicted octanol–water partition coefficient (Wildman–Crippen LogP) is 7.34. The molecule has 5 rings (SSSR count). The summed E-state index contributed by atoms with van der Waals surface area (Å²) in [4.78, 5) is 0. The second kappa shape index (κ2) is 7.17. The number of hydrogen-bond acceptors (Lipinski definition) is 0. The fourth-order valence-corrected chi connectivity index (χ4v) is 4.01. The molecular formula is C28H20. The van der Waals surface area contributed by atoms with E-state index in [0.29, 0.717) is 0 Å². The van der Waals surface area contributed by atoms with Gasteiger partial charge in [0.25, 0.3) is 0 Å². The van der Waals surface area contributed by atoms with Gasteiger partial charge in [-0.05, 0) is 44.5 Å². The van der Waals surface area contributed by atoms with Crippen LogP contribution in [0, 0.1) is 0 Å². The molecule has 1 aliphatic carbocycles. The van der Waals surface area contributed by atoms with Gasteiger partial charge in [-0.15, -0.1) is 0 Å². The van der Waals surface area contributed by atoms with E-state index in [9.17, 15) is 0 Å². The van der Waals surface area contributed by atoms with Gasteiger partial charge in [-0.25, -0.2) is 0 Å². The van der Waals surface area contributed by atoms with Crippen LogP contribution in [0.1, 0.15) is 22.3 Å². The molecule has 0 spiro atoms. The van der Waals surface area contributed by atoms with E-state index in [1.807, 2.05) is 0 Å². The van der Waals surface area contributed by atoms with Crippen LogP contribution >= 0.6 is 0 Å². The Morgan fingerprint density at radius 1 is 0.429 bits per heavy atom. The third kappa shape index (κ3) is 2.90. The highest BCUT2D eigenvalue weighted by atomic mass is 14.2. The van der Waals surface area contributed by atoms with Crippen molar-refractivity contribution in [2.24, 2.45) is 0 Å². The van der Waals surface area contributed by atoms with E-state index >= 15 is 0 Å². The number of allylic oxidation sites excluding steroid dienone is 2. The van der Waals surface area contributed by atoms with Crippen LogP contribution in [0.2, 0.25) is 0 Å². The summed E-state index contributed by atoms with van der Waals surface area (Å²) in [7, 11) is 0. The molecule has 0 aliphatic heterocycles. The van der Waals surface area contributed by atoms with Crippen molar-refractivity contribution in [3.63, 3.8) is 0 Å². The Kier molecular flexibility index (Phi) is 4.23. The lowest BCUT2D eigenvalue weighted by atomic mass is 9.89. The fraction of sp³-hybridized carbons (Fsp3) is 0. The summed E-state index contributed by atoms with van der Waals surface area (Å²) in [5.74, 6) is 0. The molecule has 0 heterocycles. The predicted molar refractivity (Wildman–Crippen MR) is 120 cm³/mol. The summed E-state index contributed by atoms with van der Waals surface area (Å²) in [6, 6.07) is 38.6. The van der Waals surface area contributed by atoms with Gasteiger partial charge in [-0.2, -0.15) is 0 Å². The van der Waals surface area contributed by atoms with Crippen molar-refractivity contribution in [2.45, 2.75) is 0 Å². The van der Waals surface area contributed by atoms with Gasteiger partial charge in [0, 0.05) is 0 Å². The second-order valence-electron chi connectivity index (χ2n) is 6.99. The summed E-state index contributed by atoms with van der Waals surface area (Å²) >= 11 is 0. The quantitative estimate of drug-likeness (QED) is 0.360. The standard InChI is InChI=1S/C28H20/c1-4-11-21(12-5-1)24-17-10-18-25-26(24)19-20-27(25)28(22-13-6-2-7-14-22)23-15-8-3-9-16-23/h1-20H. The van der Waals surface area contributed by atoms with E-state index in [4.69, 9.17) is 0 Å². The highest BCUT2D eigenvalue weighted by molar-refractivity contribution is 6.09. The van der Waals surface area contributed by atoms with E-state index in [-0.39, 0.29) is 0 Å². The zero-order valence-electron chi connectivity index (χ0n) is 15.5. The molecule has 4 aromatic rings. The Bertz CT molecular complexity index is 1120. The lowest BCUT2D eigenvalue weighted by molar-refractivity contribution is 1.53. The van der Waals surface area contributed by atoms with Crippen LogP contribution in [0.15, 0.2) is 115 Å². The first kappa shape index (κ1) is 16.5. The number of benzene rings is 4. The highest BCUT2D eigenvalue weighted by Gasteiger charge is 2.20. The van der Waals surface area contributed by atoms with E-state index in [0.717, 1.165) is 0 Å². The lowest BCUT2D eigenvalue weighted by Gasteiger charge is -2.14. The zero-order chi connectivity index (χ0) is 18.8. The Morgan fingerprint density at radius 2 is 0.964 bits per heavy atom. The molecule has 0 nitrogen and oxygen atoms in total. The van der Waals surface area contributed by atoms with E-state index in [2.05, 4.69) is 121 Å². The van der Waals surface area contributed by atoms with E-state index < -0.39 is 0 Å². The summed E-state index contributed by atoms with van der Waals surface area (Å²) in [6.07, 6.45) is 4.53. The van der Waals surface area contributed by atoms with Gasteiger partial charge in [0.15, 0.2) is 0 Å². The van der Waals surface area contributed by atoms with Crippen LogP contribution in [0.3, 0.4) is 0 Å². The Balaban J connectivity index is 1.76. The third-order valence-corrected chi connectivity index (χ3v) is 5.29. The Morgan fingerprint density at radius 3 is 1.57 bits per heavy atom. The van der Waals surface area contributed by atoms with Gasteiger partial charge < -0.3 is 0 Å². The minimum atomic E-state index is 1.24. The van der Waals surface area contributed by atoms with Crippen molar-refractivity contribution in [1.29, 1.82) is 0 Å². The molecule has 0 radical (unpaired) electrons. The first-order valence-corrected chi connectivity index (χ1v) is 9.64. The summed E-state index contributed by atoms with van der Waals surface area (Å²) in [5.41, 5.74) is 10.2. The molecule has 0 unspecified atom stereocenters. The fourth-order valence-electron chi connectivity index (χ4n) is 4.01. The first-order chi connectivity index (χ1) is 13.9. The first-order valence-electron chi connectivity index (χ1n) is 9.64. The van der Waals surface area contributed by atoms with Crippen LogP contribution in [0.5, 0.6) is 0 Å². The molecule has 0 aromatic heterocycles. The van der Waals surface area contributed by atoms with Crippen LogP contribution in [-0.4, -0.2) is 0 Å². The molecule has 1 aliphatic rings. The van der Waals surface area contributed by atoms with Crippen molar-refractivity contribution >= 4 is 17.2 Å². The molecule has 0 fully saturated rings. The van der Waals surface area contributed by atoms with Gasteiger partial charge >= 0.3 is 0 Å². The summed E-state index contributed by atoms with van der Waals surface area (Å²) in [6.45, 7) is 0. The minimum Gasteiger partial charge on any atom is -0.0622 e. The minimum absolute atomic E-state index is 1.24. The van der Waals surface area contributed by atoms with E-state index in [1.165, 1.54) is 44.5 Å². The monoisotopic (exact) mass is 356 g/mol. The van der Waals surface area contributed by atoms with Gasteiger partial charge in [-0.1, -0.05) is 121 Å². The largest absolute Gasteiger partial charge is 0.0622 e. The lowest BCUT2D eigenvalue weighted by Crippen LogP contribution is -1.93. The van der Waals surface area contributed by atoms with Crippen molar-refractivity contribution in [1.82, 2.24) is 0 Å². The summed E-state index contributed by atoms with van der Waals surface area (Å²) < 4.78 is 0. The molecule has 0 saturated carbocycles. The molecule has 0 atom stereocenters. The maximum atomic E-state index is 2.27. The summed E-state index contributed by atoms with van der Waals surface area (Å²) in [5, 5.41) is 0. The smallest absolute Gasteiger partial charge is 0.00326 e. The highest BCUT2D eigenvalue weighted by Crippen LogP contribution is 2.41. The van der Waals surface area contributed by atoms with Crippen LogP contribution in [-0.2, 0) is 0 Å². The SMILES string of the molecule is C1=Cc2c(cccc2-c2ccccc2)C1=C(c1ccccc1)c1ccccc1. The van der Waals surface area contributed by atoms with Crippen molar-refractivity contribution in [3.8, 4) is 11.1 Å². The second-order valence-corrected chi connectivity index (χ2v) is 6.99. The van der Waals surface area contributed by atoms with E-state index in [1.54, 1.807) is 0 Å². The number of fused-ring (bicyclic) bond motifs is 1. The molecule has 0 bridgehead atoms. The molecule has 0 heteroatoms. The molecular weight excluding hydrogens is 336 g/mol. The van der Waals surface area contributed by atoms with Crippen molar-refractivity contribution in [2.75, 3.05) is 0 Å². The average molecular weight is 356 g/mol. The Labute approximate surface area is 166 Å². The van der Waals surface area contributed by atoms with Gasteiger partial charge in [-0.3, -0.25) is 0 Å². The molecule has 0 N–H and O–H groups in total. The van der Waals surface area contributed by atoms with Gasteiger partial charge in [0.05, 0.1) is 0 Å². The van der Waals surface area contributed by atoms with Crippen LogP contribution in [0.4, 0.5) is 0 Å². The maximum absolute atomic E-state index is 2.27. The molecule has 28 heavy (non-hydrogen) atoms. The number of hydrogen-bond donors (Lipinski definition) is 0. The van der Waals surface area contributed by atoms with Crippen molar-refractivity contribution < 1.29 is 0 Å². The average Bonchev–Trinajstić information content (AvgIpc) is 3.20. The third-order valence-electron chi connectivity index (χ3n) is 5.29. The van der Waals surface area contributed by atoms with Crippen molar-refractivity contribution in [3.05, 3.63) is 138 Å². The normalized spacial score (nSPS) is 12.1. The molecule has 132 valence electrons. The molecule has 4 aromatic carbocycles. The Hall–Kier alpha value is -3.64. The van der Waals surface area contributed by atoms with Gasteiger partial charge in [0.1, 0.15) is 0 Å². The molecule has 0 amide bonds. The zero-order valence-corrected chi connectivity index (χ0v) is 15.5.